The van der Waals surface area contributed by atoms with Gasteiger partial charge < -0.3 is 22.4 Å². The first-order valence-electron chi connectivity index (χ1n) is 10.4. The normalized spacial score (nSPS) is 18.6. The molecule has 3 atom stereocenters. The fourth-order valence-electron chi connectivity index (χ4n) is 3.82. The van der Waals surface area contributed by atoms with Gasteiger partial charge in [-0.2, -0.15) is 0 Å². The van der Waals surface area contributed by atoms with Gasteiger partial charge in [0.25, 0.3) is 0 Å². The zero-order valence-electron chi connectivity index (χ0n) is 18.7. The number of piperidine rings is 1. The van der Waals surface area contributed by atoms with Crippen molar-refractivity contribution in [2.45, 2.75) is 45.2 Å². The van der Waals surface area contributed by atoms with Gasteiger partial charge in [-0.1, -0.05) is 73.5 Å². The number of hydrogen-bond donors (Lipinski definition) is 0. The molecule has 32 heavy (non-hydrogen) atoms. The van der Waals surface area contributed by atoms with Crippen molar-refractivity contribution in [2.24, 2.45) is 11.8 Å². The van der Waals surface area contributed by atoms with Crippen molar-refractivity contribution >= 4 is 52.2 Å². The molecule has 1 aliphatic rings. The molecule has 3 nitrogen and oxygen atoms in total. The van der Waals surface area contributed by atoms with Gasteiger partial charge in [0, 0.05) is 22.0 Å². The number of rotatable bonds is 6. The van der Waals surface area contributed by atoms with Gasteiger partial charge in [-0.3, -0.25) is 4.79 Å². The first kappa shape index (κ1) is 31.2. The molecule has 170 valence electrons. The third-order valence-corrected chi connectivity index (χ3v) is 5.97. The Bertz CT molecular complexity index is 803. The van der Waals surface area contributed by atoms with E-state index < -0.39 is 0 Å². The van der Waals surface area contributed by atoms with E-state index in [-0.39, 0.29) is 71.9 Å². The Kier molecular flexibility index (Phi) is 15.6. The fraction of sp³-hybridized carbons (Fsp3) is 0.400. The van der Waals surface area contributed by atoms with Crippen LogP contribution in [-0.4, -0.2) is 46.5 Å². The number of amides is 1. The van der Waals surface area contributed by atoms with Crippen LogP contribution >= 0.6 is 23.2 Å². The first-order valence-corrected chi connectivity index (χ1v) is 11.1. The van der Waals surface area contributed by atoms with E-state index in [2.05, 4.69) is 6.58 Å². The molecule has 0 spiro atoms. The van der Waals surface area contributed by atoms with Crippen LogP contribution in [0, 0.1) is 11.8 Å². The molecule has 7 heteroatoms. The van der Waals surface area contributed by atoms with Crippen LogP contribution in [-0.2, 0) is 4.79 Å². The Hall–Kier alpha value is -0.754. The second-order valence-electron chi connectivity index (χ2n) is 7.89. The summed E-state index contributed by atoms with van der Waals surface area (Å²) in [4.78, 5) is 14.8. The predicted octanol–water partition coefficient (Wildman–Crippen LogP) is 2.54. The standard InChI is InChI=1S/C19H25ClNO2.C6H5Cl.ClH.Mg/c1-4-5-15-8-11-17(14-6-9-16(20)10-7-14)21(19(15)23)18(12-22)13(2)3;7-6-4-2-1-3-5-6;;/h4,6-7,9-10,13,15,17-18H,1,5,8,11-12H2,2-3H3;1-5H;1H;/q-1;;;+2/p-1. The van der Waals surface area contributed by atoms with Gasteiger partial charge in [0.15, 0.2) is 0 Å². The molecule has 1 fully saturated rings. The van der Waals surface area contributed by atoms with Gasteiger partial charge in [-0.15, -0.1) is 13.2 Å². The van der Waals surface area contributed by atoms with Crippen molar-refractivity contribution in [3.05, 3.63) is 82.9 Å². The number of benzene rings is 2. The van der Waals surface area contributed by atoms with Crippen molar-refractivity contribution in [1.29, 1.82) is 0 Å². The summed E-state index contributed by atoms with van der Waals surface area (Å²) in [6.07, 6.45) is 4.17. The zero-order chi connectivity index (χ0) is 22.1. The second-order valence-corrected chi connectivity index (χ2v) is 8.76. The summed E-state index contributed by atoms with van der Waals surface area (Å²) < 4.78 is 0. The third kappa shape index (κ3) is 8.89. The summed E-state index contributed by atoms with van der Waals surface area (Å²) in [7, 11) is 0. The van der Waals surface area contributed by atoms with Crippen LogP contribution < -0.4 is 17.5 Å². The van der Waals surface area contributed by atoms with E-state index in [1.54, 1.807) is 6.08 Å². The van der Waals surface area contributed by atoms with E-state index in [4.69, 9.17) is 23.2 Å². The van der Waals surface area contributed by atoms with Crippen molar-refractivity contribution in [2.75, 3.05) is 6.61 Å². The Morgan fingerprint density at radius 1 is 1.06 bits per heavy atom. The van der Waals surface area contributed by atoms with Gasteiger partial charge in [0.1, 0.15) is 0 Å². The van der Waals surface area contributed by atoms with Gasteiger partial charge in [-0.25, -0.2) is 0 Å². The monoisotopic (exact) mass is 505 g/mol. The molecule has 0 N–H and O–H groups in total. The van der Waals surface area contributed by atoms with Crippen molar-refractivity contribution in [1.82, 2.24) is 4.90 Å². The van der Waals surface area contributed by atoms with Gasteiger partial charge in [0.2, 0.25) is 5.91 Å². The molecule has 2 aromatic rings. The summed E-state index contributed by atoms with van der Waals surface area (Å²) in [5.74, 6) is 0.170. The van der Waals surface area contributed by atoms with Crippen molar-refractivity contribution in [3.63, 3.8) is 0 Å². The van der Waals surface area contributed by atoms with Crippen LogP contribution in [0.3, 0.4) is 0 Å². The quantitative estimate of drug-likeness (QED) is 0.446. The fourth-order valence-corrected chi connectivity index (χ4v) is 4.09. The van der Waals surface area contributed by atoms with E-state index in [9.17, 15) is 9.90 Å². The summed E-state index contributed by atoms with van der Waals surface area (Å²) in [6.45, 7) is 7.50. The molecule has 0 radical (unpaired) electrons. The Balaban J connectivity index is 0.000000913. The number of halogens is 3. The molecular formula is C25H30Cl3MgNO2. The molecule has 1 heterocycles. The predicted molar refractivity (Wildman–Crippen MR) is 129 cm³/mol. The number of nitrogens with zero attached hydrogens (tertiary/aromatic N) is 1. The minimum Gasteiger partial charge on any atom is -1.00 e. The van der Waals surface area contributed by atoms with Gasteiger partial charge in [-0.05, 0) is 55.0 Å². The van der Waals surface area contributed by atoms with E-state index in [0.29, 0.717) is 11.4 Å². The molecule has 1 aliphatic heterocycles. The maximum atomic E-state index is 13.0. The topological polar surface area (TPSA) is 43.4 Å². The maximum Gasteiger partial charge on any atom is 2.00 e. The van der Waals surface area contributed by atoms with Gasteiger partial charge in [0.05, 0.1) is 6.04 Å². The third-order valence-electron chi connectivity index (χ3n) is 5.46. The van der Waals surface area contributed by atoms with Crippen LogP contribution in [0.25, 0.3) is 0 Å². The molecule has 1 saturated heterocycles. The molecule has 3 rings (SSSR count). The Morgan fingerprint density at radius 3 is 2.06 bits per heavy atom. The maximum absolute atomic E-state index is 13.0. The molecular weight excluding hydrogens is 477 g/mol. The molecule has 0 saturated carbocycles. The number of carbonyl (C=O) groups is 1. The van der Waals surface area contributed by atoms with Crippen LogP contribution in [0.4, 0.5) is 0 Å². The van der Waals surface area contributed by atoms with E-state index in [1.807, 2.05) is 73.3 Å². The Labute approximate surface area is 224 Å². The summed E-state index contributed by atoms with van der Waals surface area (Å²) in [5, 5.41) is 13.2. The first-order chi connectivity index (χ1) is 14.4. The summed E-state index contributed by atoms with van der Waals surface area (Å²) in [6, 6.07) is 16.7. The zero-order valence-corrected chi connectivity index (χ0v) is 22.4. The Morgan fingerprint density at radius 2 is 1.62 bits per heavy atom. The van der Waals surface area contributed by atoms with Crippen molar-refractivity contribution < 1.29 is 22.3 Å². The van der Waals surface area contributed by atoms with Crippen LogP contribution in [0.2, 0.25) is 10.0 Å². The van der Waals surface area contributed by atoms with Crippen molar-refractivity contribution in [3.8, 4) is 0 Å². The minimum atomic E-state index is -0.282. The molecule has 0 aliphatic carbocycles. The number of allylic oxidation sites excluding steroid dienone is 1. The number of hydrogen-bond acceptors (Lipinski definition) is 2. The van der Waals surface area contributed by atoms with E-state index in [1.165, 1.54) is 0 Å². The average Bonchev–Trinajstić information content (AvgIpc) is 2.73. The van der Waals surface area contributed by atoms with E-state index in [0.717, 1.165) is 23.4 Å². The largest absolute Gasteiger partial charge is 2.00 e. The summed E-state index contributed by atoms with van der Waals surface area (Å²) >= 11 is 11.5. The van der Waals surface area contributed by atoms with Gasteiger partial charge >= 0.3 is 23.1 Å². The SMILES string of the molecule is C=CCC1CCC(c2ccc(Cl)cc2)N(C(C[O-])C(C)C)C1=O.Clc1ccccc1.[Cl-].[Mg+2]. The summed E-state index contributed by atoms with van der Waals surface area (Å²) in [5.41, 5.74) is 1.05. The van der Waals surface area contributed by atoms with E-state index >= 15 is 0 Å². The number of likely N-dealkylation sites (tertiary alicyclic amines) is 1. The molecule has 2 aromatic carbocycles. The minimum absolute atomic E-state index is 0. The average molecular weight is 507 g/mol. The van der Waals surface area contributed by atoms with Crippen LogP contribution in [0.15, 0.2) is 67.3 Å². The molecule has 0 aromatic heterocycles. The molecule has 0 bridgehead atoms. The molecule has 1 amide bonds. The van der Waals surface area contributed by atoms with Crippen LogP contribution in [0.1, 0.15) is 44.7 Å². The number of carbonyl (C=O) groups excluding carboxylic acids is 1. The van der Waals surface area contributed by atoms with Crippen LogP contribution in [0.5, 0.6) is 0 Å². The molecule has 3 unspecified atom stereocenters. The smallest absolute Gasteiger partial charge is 1.00 e. The second kappa shape index (κ2) is 16.0.